The highest BCUT2D eigenvalue weighted by atomic mass is 35.5. The summed E-state index contributed by atoms with van der Waals surface area (Å²) in [6.07, 6.45) is -5.10. The Morgan fingerprint density at radius 3 is 2.41 bits per heavy atom. The van der Waals surface area contributed by atoms with Crippen molar-refractivity contribution in [3.8, 4) is 11.4 Å². The molecule has 2 heterocycles. The predicted molar refractivity (Wildman–Crippen MR) is 148 cm³/mol. The average molecular weight is 659 g/mol. The van der Waals surface area contributed by atoms with Crippen LogP contribution < -0.4 is 16.0 Å². The molecular formula is C26H19ClF4N4O8S. The molecule has 44 heavy (non-hydrogen) atoms. The number of hydrogen-bond acceptors (Lipinski definition) is 8. The molecule has 1 aliphatic heterocycles. The number of carboxylic acids is 2. The fourth-order valence-electron chi connectivity index (χ4n) is 4.16. The van der Waals surface area contributed by atoms with Crippen LogP contribution >= 0.6 is 23.4 Å². The van der Waals surface area contributed by atoms with Crippen molar-refractivity contribution in [2.75, 3.05) is 13.2 Å². The number of carbonyl (C=O) groups excluding carboxylic acids is 1. The van der Waals surface area contributed by atoms with E-state index in [-0.39, 0.29) is 38.2 Å². The summed E-state index contributed by atoms with van der Waals surface area (Å²) >= 11 is 6.94. The molecule has 4 rings (SSSR count). The summed E-state index contributed by atoms with van der Waals surface area (Å²) in [7, 11) is 0.742. The number of aromatic nitrogens is 2. The van der Waals surface area contributed by atoms with E-state index in [2.05, 4.69) is 4.99 Å². The van der Waals surface area contributed by atoms with E-state index in [4.69, 9.17) is 21.4 Å². The first kappa shape index (κ1) is 32.3. The molecule has 0 aliphatic carbocycles. The summed E-state index contributed by atoms with van der Waals surface area (Å²) in [5.74, 6) is -4.43. The highest BCUT2D eigenvalue weighted by molar-refractivity contribution is 8.15. The molecule has 0 radical (unpaired) electrons. The zero-order valence-corrected chi connectivity index (χ0v) is 23.7. The lowest BCUT2D eigenvalue weighted by Gasteiger charge is -2.16. The number of para-hydroxylation sites is 1. The molecule has 18 heteroatoms. The van der Waals surface area contributed by atoms with Gasteiger partial charge in [-0.2, -0.15) is 13.2 Å². The van der Waals surface area contributed by atoms with Gasteiger partial charge in [0.15, 0.2) is 11.8 Å². The van der Waals surface area contributed by atoms with Crippen LogP contribution in [0.4, 0.5) is 23.2 Å². The number of aliphatic imine (C=N–C) groups is 1. The number of thioether (sulfide) groups is 1. The van der Waals surface area contributed by atoms with Crippen molar-refractivity contribution in [1.29, 1.82) is 0 Å². The van der Waals surface area contributed by atoms with Gasteiger partial charge in [0.2, 0.25) is 5.91 Å². The van der Waals surface area contributed by atoms with Crippen molar-refractivity contribution < 1.29 is 46.9 Å². The van der Waals surface area contributed by atoms with Gasteiger partial charge in [0.25, 0.3) is 5.56 Å². The van der Waals surface area contributed by atoms with Crippen molar-refractivity contribution in [2.45, 2.75) is 17.8 Å². The average Bonchev–Trinajstić information content (AvgIpc) is 3.20. The molecule has 0 bridgehead atoms. The molecule has 3 aromatic rings. The predicted octanol–water partition coefficient (Wildman–Crippen LogP) is 3.07. The van der Waals surface area contributed by atoms with Crippen LogP contribution in [0, 0.1) is 5.82 Å². The van der Waals surface area contributed by atoms with Crippen molar-refractivity contribution in [1.82, 2.24) is 14.0 Å². The van der Waals surface area contributed by atoms with Gasteiger partial charge in [0.05, 0.1) is 21.6 Å². The number of nitrogens with zero attached hydrogens (tertiary/aromatic N) is 4. The summed E-state index contributed by atoms with van der Waals surface area (Å²) in [6, 6.07) is 7.82. The van der Waals surface area contributed by atoms with Gasteiger partial charge >= 0.3 is 23.8 Å². The minimum Gasteiger partial charge on any atom is -0.482 e. The van der Waals surface area contributed by atoms with Crippen molar-refractivity contribution in [3.05, 3.63) is 85.4 Å². The van der Waals surface area contributed by atoms with Crippen molar-refractivity contribution in [2.24, 2.45) is 12.0 Å². The number of alkyl halides is 3. The Hall–Kier alpha value is -4.64. The molecule has 0 spiro atoms. The molecule has 1 amide bonds. The van der Waals surface area contributed by atoms with Crippen molar-refractivity contribution >= 4 is 52.1 Å². The molecule has 2 N–H and O–H groups in total. The third kappa shape index (κ3) is 6.78. The maximum absolute atomic E-state index is 15.0. The van der Waals surface area contributed by atoms with Crippen LogP contribution in [0.5, 0.6) is 5.75 Å². The van der Waals surface area contributed by atoms with E-state index in [1.54, 1.807) is 18.2 Å². The van der Waals surface area contributed by atoms with Crippen LogP contribution in [0.25, 0.3) is 5.69 Å². The lowest BCUT2D eigenvalue weighted by molar-refractivity contribution is -0.144. The standard InChI is InChI=1S/C26H19ClF4N4O8S/c1-33-19(26(29,30)31)9-20(36)35(25(33)42)16-8-15(13(27)7-14(16)28)32-24-34(10-21(37)38)23(41)18(44-24)6-12-4-2-3-5-17(12)43-11-22(39)40/h2-5,7-9,18H,6,10-11H2,1H3,(H,37,38)(H,39,40)/b32-24-. The smallest absolute Gasteiger partial charge is 0.431 e. The van der Waals surface area contributed by atoms with E-state index < -0.39 is 75.9 Å². The molecule has 0 saturated carbocycles. The Morgan fingerprint density at radius 1 is 1.09 bits per heavy atom. The molecule has 2 aromatic carbocycles. The second-order valence-electron chi connectivity index (χ2n) is 9.11. The third-order valence-electron chi connectivity index (χ3n) is 6.13. The van der Waals surface area contributed by atoms with Crippen LogP contribution in [0.2, 0.25) is 5.02 Å². The Kier molecular flexibility index (Phi) is 9.19. The van der Waals surface area contributed by atoms with Crippen LogP contribution in [0.1, 0.15) is 11.3 Å². The zero-order valence-electron chi connectivity index (χ0n) is 22.2. The topological polar surface area (TPSA) is 160 Å². The SMILES string of the molecule is Cn1c(C(F)(F)F)cc(=O)n(-c2cc(/N=C3\SC(Cc4ccccc4OCC(=O)O)C(=O)N3CC(=O)O)c(Cl)cc2F)c1=O. The summed E-state index contributed by atoms with van der Waals surface area (Å²) in [5.41, 5.74) is -5.30. The van der Waals surface area contributed by atoms with Gasteiger partial charge < -0.3 is 14.9 Å². The molecule has 1 saturated heterocycles. The zero-order chi connectivity index (χ0) is 32.5. The van der Waals surface area contributed by atoms with Gasteiger partial charge in [-0.15, -0.1) is 0 Å². The lowest BCUT2D eigenvalue weighted by Crippen LogP contribution is -2.41. The van der Waals surface area contributed by atoms with Crippen molar-refractivity contribution in [3.63, 3.8) is 0 Å². The van der Waals surface area contributed by atoms with Crippen LogP contribution in [-0.2, 0) is 34.0 Å². The van der Waals surface area contributed by atoms with Crippen LogP contribution in [-0.4, -0.2) is 65.7 Å². The number of hydrogen-bond donors (Lipinski definition) is 2. The van der Waals surface area contributed by atoms with Gasteiger partial charge in [-0.3, -0.25) is 23.9 Å². The molecule has 232 valence electrons. The monoisotopic (exact) mass is 658 g/mol. The minimum absolute atomic E-state index is 0.0478. The largest absolute Gasteiger partial charge is 0.482 e. The Morgan fingerprint density at radius 2 is 1.77 bits per heavy atom. The number of aliphatic carboxylic acids is 2. The number of amidine groups is 1. The highest BCUT2D eigenvalue weighted by Crippen LogP contribution is 2.36. The minimum atomic E-state index is -5.05. The van der Waals surface area contributed by atoms with Gasteiger partial charge in [0, 0.05) is 13.1 Å². The quantitative estimate of drug-likeness (QED) is 0.329. The number of rotatable bonds is 9. The normalized spacial score (nSPS) is 16.0. The number of carbonyl (C=O) groups is 3. The molecule has 1 fully saturated rings. The number of benzene rings is 2. The van der Waals surface area contributed by atoms with Gasteiger partial charge in [-0.25, -0.2) is 23.5 Å². The van der Waals surface area contributed by atoms with E-state index in [1.807, 2.05) is 0 Å². The fourth-order valence-corrected chi connectivity index (χ4v) is 5.54. The maximum atomic E-state index is 15.0. The fraction of sp³-hybridized carbons (Fsp3) is 0.231. The number of ether oxygens (including phenoxy) is 1. The van der Waals surface area contributed by atoms with Gasteiger partial charge in [0.1, 0.15) is 23.8 Å². The van der Waals surface area contributed by atoms with E-state index in [1.165, 1.54) is 6.07 Å². The molecule has 1 unspecified atom stereocenters. The maximum Gasteiger partial charge on any atom is 0.431 e. The first-order valence-corrected chi connectivity index (χ1v) is 13.4. The van der Waals surface area contributed by atoms with E-state index in [0.717, 1.165) is 29.8 Å². The summed E-state index contributed by atoms with van der Waals surface area (Å²) in [4.78, 5) is 66.0. The first-order valence-electron chi connectivity index (χ1n) is 12.2. The third-order valence-corrected chi connectivity index (χ3v) is 7.60. The molecule has 1 atom stereocenters. The summed E-state index contributed by atoms with van der Waals surface area (Å²) < 4.78 is 60.3. The van der Waals surface area contributed by atoms with E-state index in [0.29, 0.717) is 11.6 Å². The number of halogens is 5. The molecular weight excluding hydrogens is 640 g/mol. The Balaban J connectivity index is 1.77. The van der Waals surface area contributed by atoms with Crippen LogP contribution in [0.3, 0.4) is 0 Å². The van der Waals surface area contributed by atoms with E-state index >= 15 is 0 Å². The molecule has 1 aliphatic rings. The lowest BCUT2D eigenvalue weighted by atomic mass is 10.1. The number of amides is 1. The second-order valence-corrected chi connectivity index (χ2v) is 10.7. The number of carboxylic acid groups (broad SMARTS) is 2. The second kappa shape index (κ2) is 12.5. The Bertz CT molecular complexity index is 1820. The Labute approximate surface area is 252 Å². The molecule has 1 aromatic heterocycles. The van der Waals surface area contributed by atoms with Gasteiger partial charge in [-0.1, -0.05) is 41.6 Å². The van der Waals surface area contributed by atoms with E-state index in [9.17, 15) is 46.6 Å². The summed E-state index contributed by atoms with van der Waals surface area (Å²) in [6.45, 7) is -1.50. The molecule has 12 nitrogen and oxygen atoms in total. The summed E-state index contributed by atoms with van der Waals surface area (Å²) in [5, 5.41) is 16.7. The van der Waals surface area contributed by atoms with Gasteiger partial charge in [-0.05, 0) is 30.2 Å². The first-order chi connectivity index (χ1) is 20.6. The highest BCUT2D eigenvalue weighted by Gasteiger charge is 2.40. The van der Waals surface area contributed by atoms with Crippen LogP contribution in [0.15, 0.2) is 57.0 Å².